The molecule has 4 nitrogen and oxygen atoms in total. The molecule has 1 atom stereocenters. The summed E-state index contributed by atoms with van der Waals surface area (Å²) in [5, 5.41) is 3.31. The highest BCUT2D eigenvalue weighted by Gasteiger charge is 2.35. The summed E-state index contributed by atoms with van der Waals surface area (Å²) in [6.07, 6.45) is 0.0212. The lowest BCUT2D eigenvalue weighted by Gasteiger charge is -2.17. The molecule has 0 bridgehead atoms. The molecule has 1 heterocycles. The molecule has 1 fully saturated rings. The molecule has 2 amide bonds. The van der Waals surface area contributed by atoms with E-state index in [2.05, 4.69) is 5.32 Å². The quantitative estimate of drug-likeness (QED) is 0.905. The minimum Gasteiger partial charge on any atom is -0.352 e. The summed E-state index contributed by atoms with van der Waals surface area (Å²) >= 11 is 6.04. The Morgan fingerprint density at radius 3 is 2.68 bits per heavy atom. The van der Waals surface area contributed by atoms with Crippen LogP contribution >= 0.6 is 11.6 Å². The fourth-order valence-electron chi connectivity index (χ4n) is 2.75. The maximum absolute atomic E-state index is 13.4. The van der Waals surface area contributed by atoms with Crippen LogP contribution in [0.2, 0.25) is 5.02 Å². The van der Waals surface area contributed by atoms with E-state index in [1.54, 1.807) is 18.2 Å². The minimum atomic E-state index is -1.03. The average molecular weight is 365 g/mol. The zero-order chi connectivity index (χ0) is 18.0. The Bertz CT molecular complexity index is 828. The van der Waals surface area contributed by atoms with Crippen LogP contribution in [0.1, 0.15) is 12.0 Å². The Labute approximate surface area is 148 Å². The predicted molar refractivity (Wildman–Crippen MR) is 90.1 cm³/mol. The Morgan fingerprint density at radius 2 is 1.96 bits per heavy atom. The molecule has 130 valence electrons. The molecule has 25 heavy (non-hydrogen) atoms. The second-order valence-corrected chi connectivity index (χ2v) is 6.22. The normalized spacial score (nSPS) is 17.0. The van der Waals surface area contributed by atoms with Gasteiger partial charge in [-0.25, -0.2) is 8.78 Å². The molecule has 2 aromatic rings. The van der Waals surface area contributed by atoms with Crippen LogP contribution in [0.15, 0.2) is 42.5 Å². The monoisotopic (exact) mass is 364 g/mol. The van der Waals surface area contributed by atoms with E-state index in [0.29, 0.717) is 5.02 Å². The van der Waals surface area contributed by atoms with Crippen molar-refractivity contribution in [2.24, 2.45) is 5.92 Å². The van der Waals surface area contributed by atoms with Gasteiger partial charge in [0.2, 0.25) is 11.8 Å². The van der Waals surface area contributed by atoms with Gasteiger partial charge in [-0.3, -0.25) is 9.59 Å². The van der Waals surface area contributed by atoms with Gasteiger partial charge in [0.1, 0.15) is 0 Å². The lowest BCUT2D eigenvalue weighted by atomic mass is 10.1. The number of hydrogen-bond acceptors (Lipinski definition) is 2. The van der Waals surface area contributed by atoms with Gasteiger partial charge in [0.25, 0.3) is 0 Å². The molecular weight excluding hydrogens is 350 g/mol. The zero-order valence-electron chi connectivity index (χ0n) is 13.1. The molecular formula is C18H15ClF2N2O2. The molecule has 0 radical (unpaired) electrons. The van der Waals surface area contributed by atoms with Gasteiger partial charge in [-0.05, 0) is 23.8 Å². The van der Waals surface area contributed by atoms with E-state index >= 15 is 0 Å². The van der Waals surface area contributed by atoms with Crippen molar-refractivity contribution < 1.29 is 18.4 Å². The Morgan fingerprint density at radius 1 is 1.20 bits per heavy atom. The van der Waals surface area contributed by atoms with E-state index in [1.165, 1.54) is 11.0 Å². The van der Waals surface area contributed by atoms with Gasteiger partial charge >= 0.3 is 0 Å². The van der Waals surface area contributed by atoms with Crippen LogP contribution in [0.5, 0.6) is 0 Å². The van der Waals surface area contributed by atoms with E-state index in [0.717, 1.165) is 17.7 Å². The number of nitrogens with zero attached hydrogens (tertiary/aromatic N) is 1. The van der Waals surface area contributed by atoms with Gasteiger partial charge < -0.3 is 10.2 Å². The molecule has 1 unspecified atom stereocenters. The lowest BCUT2D eigenvalue weighted by molar-refractivity contribution is -0.126. The summed E-state index contributed by atoms with van der Waals surface area (Å²) in [4.78, 5) is 25.7. The number of anilines is 1. The summed E-state index contributed by atoms with van der Waals surface area (Å²) < 4.78 is 26.4. The first-order valence-corrected chi connectivity index (χ1v) is 8.10. The Kier molecular flexibility index (Phi) is 4.99. The molecule has 7 heteroatoms. The van der Waals surface area contributed by atoms with E-state index in [4.69, 9.17) is 11.6 Å². The van der Waals surface area contributed by atoms with Crippen molar-refractivity contribution in [2.45, 2.75) is 13.0 Å². The van der Waals surface area contributed by atoms with E-state index < -0.39 is 17.6 Å². The number of carbonyl (C=O) groups excluding carboxylic acids is 2. The molecule has 0 spiro atoms. The summed E-state index contributed by atoms with van der Waals surface area (Å²) in [5.41, 5.74) is 1.02. The molecule has 3 rings (SSSR count). The largest absolute Gasteiger partial charge is 0.352 e. The molecule has 0 aromatic heterocycles. The van der Waals surface area contributed by atoms with Gasteiger partial charge in [-0.1, -0.05) is 29.8 Å². The minimum absolute atomic E-state index is 0.0212. The number of benzene rings is 2. The smallest absolute Gasteiger partial charge is 0.227 e. The molecule has 1 aliphatic heterocycles. The zero-order valence-corrected chi connectivity index (χ0v) is 13.9. The Hall–Kier alpha value is -2.47. The SMILES string of the molecule is O=C(NCc1ccccc1Cl)C1CC(=O)N(c2ccc(F)c(F)c2)C1. The highest BCUT2D eigenvalue weighted by molar-refractivity contribution is 6.31. The molecule has 1 saturated heterocycles. The predicted octanol–water partition coefficient (Wildman–Crippen LogP) is 3.29. The summed E-state index contributed by atoms with van der Waals surface area (Å²) in [5.74, 6) is -3.15. The van der Waals surface area contributed by atoms with Crippen molar-refractivity contribution >= 4 is 29.1 Å². The molecule has 1 aliphatic rings. The number of amides is 2. The highest BCUT2D eigenvalue weighted by Crippen LogP contribution is 2.26. The van der Waals surface area contributed by atoms with Crippen LogP contribution in [0.3, 0.4) is 0 Å². The maximum atomic E-state index is 13.4. The molecule has 0 saturated carbocycles. The van der Waals surface area contributed by atoms with E-state index in [1.807, 2.05) is 6.07 Å². The van der Waals surface area contributed by atoms with Crippen LogP contribution in [-0.2, 0) is 16.1 Å². The van der Waals surface area contributed by atoms with Crippen LogP contribution in [-0.4, -0.2) is 18.4 Å². The summed E-state index contributed by atoms with van der Waals surface area (Å²) in [7, 11) is 0. The highest BCUT2D eigenvalue weighted by atomic mass is 35.5. The average Bonchev–Trinajstić information content (AvgIpc) is 2.98. The van der Waals surface area contributed by atoms with Crippen molar-refractivity contribution in [3.05, 3.63) is 64.7 Å². The summed E-state index contributed by atoms with van der Waals surface area (Å²) in [6, 6.07) is 10.4. The first kappa shape index (κ1) is 17.4. The maximum Gasteiger partial charge on any atom is 0.227 e. The van der Waals surface area contributed by atoms with Crippen molar-refractivity contribution in [1.29, 1.82) is 0 Å². The number of nitrogens with one attached hydrogen (secondary N) is 1. The molecule has 0 aliphatic carbocycles. The second kappa shape index (κ2) is 7.19. The number of rotatable bonds is 4. The number of halogens is 3. The van der Waals surface area contributed by atoms with Crippen LogP contribution < -0.4 is 10.2 Å². The fraction of sp³-hybridized carbons (Fsp3) is 0.222. The molecule has 1 N–H and O–H groups in total. The third kappa shape index (κ3) is 3.79. The molecule has 2 aromatic carbocycles. The van der Waals surface area contributed by atoms with Crippen molar-refractivity contribution in [3.63, 3.8) is 0 Å². The summed E-state index contributed by atoms with van der Waals surface area (Å²) in [6.45, 7) is 0.382. The van der Waals surface area contributed by atoms with Gasteiger partial charge in [-0.2, -0.15) is 0 Å². The van der Waals surface area contributed by atoms with Gasteiger partial charge in [0.15, 0.2) is 11.6 Å². The van der Waals surface area contributed by atoms with Crippen LogP contribution in [0.25, 0.3) is 0 Å². The number of carbonyl (C=O) groups is 2. The van der Waals surface area contributed by atoms with E-state index in [9.17, 15) is 18.4 Å². The van der Waals surface area contributed by atoms with Gasteiger partial charge in [0.05, 0.1) is 5.92 Å². The van der Waals surface area contributed by atoms with Crippen LogP contribution in [0, 0.1) is 17.6 Å². The second-order valence-electron chi connectivity index (χ2n) is 5.81. The first-order chi connectivity index (χ1) is 12.0. The van der Waals surface area contributed by atoms with Crippen molar-refractivity contribution in [3.8, 4) is 0 Å². The van der Waals surface area contributed by atoms with E-state index in [-0.39, 0.29) is 37.0 Å². The van der Waals surface area contributed by atoms with Crippen molar-refractivity contribution in [1.82, 2.24) is 5.32 Å². The van der Waals surface area contributed by atoms with Crippen LogP contribution in [0.4, 0.5) is 14.5 Å². The number of hydrogen-bond donors (Lipinski definition) is 1. The Balaban J connectivity index is 1.64. The van der Waals surface area contributed by atoms with Crippen molar-refractivity contribution in [2.75, 3.05) is 11.4 Å². The lowest BCUT2D eigenvalue weighted by Crippen LogP contribution is -2.32. The third-order valence-electron chi connectivity index (χ3n) is 4.12. The topological polar surface area (TPSA) is 49.4 Å². The van der Waals surface area contributed by atoms with Gasteiger partial charge in [-0.15, -0.1) is 0 Å². The fourth-order valence-corrected chi connectivity index (χ4v) is 2.96. The standard InChI is InChI=1S/C18H15ClF2N2O2/c19-14-4-2-1-3-11(14)9-22-18(25)12-7-17(24)23(10-12)13-5-6-15(20)16(21)8-13/h1-6,8,12H,7,9-10H2,(H,22,25). The van der Waals surface area contributed by atoms with Gasteiger partial charge in [0, 0.05) is 36.3 Å². The third-order valence-corrected chi connectivity index (χ3v) is 4.49. The first-order valence-electron chi connectivity index (χ1n) is 7.72.